The highest BCUT2D eigenvalue weighted by molar-refractivity contribution is 6.30. The van der Waals surface area contributed by atoms with Gasteiger partial charge in [0.15, 0.2) is 0 Å². The lowest BCUT2D eigenvalue weighted by Crippen LogP contribution is -2.40. The molecule has 0 saturated carbocycles. The summed E-state index contributed by atoms with van der Waals surface area (Å²) in [5.41, 5.74) is 2.35. The second-order valence-electron chi connectivity index (χ2n) is 6.46. The minimum atomic E-state index is -0.429. The smallest absolute Gasteiger partial charge is 0.149 e. The molecule has 2 aliphatic heterocycles. The van der Waals surface area contributed by atoms with E-state index in [1.165, 1.54) is 0 Å². The zero-order valence-electron chi connectivity index (χ0n) is 13.1. The van der Waals surface area contributed by atoms with Crippen LogP contribution in [0.4, 0.5) is 10.1 Å². The molecular weight excluding hydrogens is 329 g/mol. The maximum atomic E-state index is 14.7. The van der Waals surface area contributed by atoms with Crippen molar-refractivity contribution < 1.29 is 14.2 Å². The minimum Gasteiger partial charge on any atom is -0.394 e. The maximum Gasteiger partial charge on any atom is 0.149 e. The fourth-order valence-corrected chi connectivity index (χ4v) is 4.06. The van der Waals surface area contributed by atoms with E-state index in [9.17, 15) is 9.50 Å². The van der Waals surface area contributed by atoms with Crippen molar-refractivity contribution in [3.05, 3.63) is 64.4 Å². The van der Waals surface area contributed by atoms with Crippen molar-refractivity contribution in [1.82, 2.24) is 0 Å². The SMILES string of the molecule is OCC1CCC2C(c3ccccc3)Nc3ccc(Cl)c(F)c3C2O1. The number of hydrogen-bond donors (Lipinski definition) is 2. The third-order valence-corrected chi connectivity index (χ3v) is 5.36. The summed E-state index contributed by atoms with van der Waals surface area (Å²) in [5, 5.41) is 13.0. The number of anilines is 1. The van der Waals surface area contributed by atoms with Crippen LogP contribution in [0.5, 0.6) is 0 Å². The Morgan fingerprint density at radius 2 is 1.96 bits per heavy atom. The van der Waals surface area contributed by atoms with Crippen LogP contribution in [0.15, 0.2) is 42.5 Å². The Morgan fingerprint density at radius 1 is 1.17 bits per heavy atom. The Morgan fingerprint density at radius 3 is 2.71 bits per heavy atom. The molecule has 4 atom stereocenters. The van der Waals surface area contributed by atoms with Crippen molar-refractivity contribution in [2.24, 2.45) is 5.92 Å². The number of benzene rings is 2. The molecule has 0 amide bonds. The van der Waals surface area contributed by atoms with Gasteiger partial charge in [0.05, 0.1) is 29.9 Å². The molecule has 0 bridgehead atoms. The number of nitrogens with one attached hydrogen (secondary N) is 1. The lowest BCUT2D eigenvalue weighted by Gasteiger charge is -2.45. The summed E-state index contributed by atoms with van der Waals surface area (Å²) in [7, 11) is 0. The molecule has 1 saturated heterocycles. The molecule has 0 spiro atoms. The summed E-state index contributed by atoms with van der Waals surface area (Å²) in [6.45, 7) is -0.0514. The molecule has 3 nitrogen and oxygen atoms in total. The zero-order chi connectivity index (χ0) is 16.7. The largest absolute Gasteiger partial charge is 0.394 e. The predicted octanol–water partition coefficient (Wildman–Crippen LogP) is 4.47. The van der Waals surface area contributed by atoms with E-state index in [4.69, 9.17) is 16.3 Å². The molecule has 5 heteroatoms. The highest BCUT2D eigenvalue weighted by Crippen LogP contribution is 2.51. The van der Waals surface area contributed by atoms with E-state index < -0.39 is 11.9 Å². The van der Waals surface area contributed by atoms with Crippen molar-refractivity contribution in [2.75, 3.05) is 11.9 Å². The van der Waals surface area contributed by atoms with E-state index in [0.29, 0.717) is 11.3 Å². The van der Waals surface area contributed by atoms with Crippen molar-refractivity contribution in [3.8, 4) is 0 Å². The maximum absolute atomic E-state index is 14.7. The number of fused-ring (bicyclic) bond motifs is 3. The number of hydrogen-bond acceptors (Lipinski definition) is 3. The van der Waals surface area contributed by atoms with Crippen molar-refractivity contribution in [1.29, 1.82) is 0 Å². The van der Waals surface area contributed by atoms with Crippen LogP contribution in [-0.4, -0.2) is 17.8 Å². The Kier molecular flexibility index (Phi) is 4.21. The van der Waals surface area contributed by atoms with E-state index >= 15 is 0 Å². The summed E-state index contributed by atoms with van der Waals surface area (Å²) < 4.78 is 20.8. The lowest BCUT2D eigenvalue weighted by molar-refractivity contribution is -0.111. The third-order valence-electron chi connectivity index (χ3n) is 5.07. The van der Waals surface area contributed by atoms with Gasteiger partial charge in [-0.05, 0) is 30.5 Å². The van der Waals surface area contributed by atoms with Crippen LogP contribution in [0, 0.1) is 11.7 Å². The van der Waals surface area contributed by atoms with Gasteiger partial charge in [0, 0.05) is 17.2 Å². The molecule has 4 rings (SSSR count). The summed E-state index contributed by atoms with van der Waals surface area (Å²) >= 11 is 5.99. The normalized spacial score (nSPS) is 28.6. The van der Waals surface area contributed by atoms with Crippen LogP contribution in [0.3, 0.4) is 0 Å². The molecule has 2 aromatic rings. The number of rotatable bonds is 2. The summed E-state index contributed by atoms with van der Waals surface area (Å²) in [5.74, 6) is -0.336. The molecule has 2 heterocycles. The van der Waals surface area contributed by atoms with Gasteiger partial charge in [-0.25, -0.2) is 4.39 Å². The van der Waals surface area contributed by atoms with Crippen LogP contribution in [0.25, 0.3) is 0 Å². The zero-order valence-corrected chi connectivity index (χ0v) is 13.8. The van der Waals surface area contributed by atoms with Gasteiger partial charge in [-0.15, -0.1) is 0 Å². The number of aliphatic hydroxyl groups is 1. The number of ether oxygens (including phenoxy) is 1. The molecular formula is C19H19ClFNO2. The lowest BCUT2D eigenvalue weighted by atomic mass is 9.76. The molecule has 24 heavy (non-hydrogen) atoms. The van der Waals surface area contributed by atoms with Gasteiger partial charge >= 0.3 is 0 Å². The van der Waals surface area contributed by atoms with Gasteiger partial charge in [-0.3, -0.25) is 0 Å². The van der Waals surface area contributed by atoms with Gasteiger partial charge in [0.1, 0.15) is 5.82 Å². The van der Waals surface area contributed by atoms with Gasteiger partial charge in [0.25, 0.3) is 0 Å². The first-order valence-electron chi connectivity index (χ1n) is 8.24. The fraction of sp³-hybridized carbons (Fsp3) is 0.368. The van der Waals surface area contributed by atoms with Crippen LogP contribution >= 0.6 is 11.6 Å². The van der Waals surface area contributed by atoms with Crippen LogP contribution in [0.1, 0.15) is 36.1 Å². The quantitative estimate of drug-likeness (QED) is 0.842. The van der Waals surface area contributed by atoms with E-state index in [0.717, 1.165) is 18.4 Å². The third kappa shape index (κ3) is 2.59. The number of halogens is 2. The molecule has 0 radical (unpaired) electrons. The van der Waals surface area contributed by atoms with Crippen molar-refractivity contribution in [3.63, 3.8) is 0 Å². The highest BCUT2D eigenvalue weighted by Gasteiger charge is 2.43. The Bertz CT molecular complexity index is 740. The van der Waals surface area contributed by atoms with Crippen molar-refractivity contribution >= 4 is 17.3 Å². The standard InChI is InChI=1S/C19H19ClFNO2/c20-14-8-9-15-16(17(14)21)19-13(7-6-12(10-23)24-19)18(22-15)11-4-2-1-3-5-11/h1-5,8-9,12-13,18-19,22-23H,6-7,10H2. The summed E-state index contributed by atoms with van der Waals surface area (Å²) in [6, 6.07) is 13.6. The first-order valence-corrected chi connectivity index (χ1v) is 8.62. The second kappa shape index (κ2) is 6.36. The van der Waals surface area contributed by atoms with Crippen LogP contribution < -0.4 is 5.32 Å². The Balaban J connectivity index is 1.81. The van der Waals surface area contributed by atoms with Crippen LogP contribution in [-0.2, 0) is 4.74 Å². The molecule has 1 fully saturated rings. The van der Waals surface area contributed by atoms with Gasteiger partial charge in [0.2, 0.25) is 0 Å². The number of aliphatic hydroxyl groups excluding tert-OH is 1. The fourth-order valence-electron chi connectivity index (χ4n) is 3.90. The van der Waals surface area contributed by atoms with Gasteiger partial charge in [-0.2, -0.15) is 0 Å². The summed E-state index contributed by atoms with van der Waals surface area (Å²) in [6.07, 6.45) is 0.955. The van der Waals surface area contributed by atoms with E-state index in [1.807, 2.05) is 18.2 Å². The van der Waals surface area contributed by atoms with Crippen LogP contribution in [0.2, 0.25) is 5.02 Å². The van der Waals surface area contributed by atoms with E-state index in [1.54, 1.807) is 12.1 Å². The summed E-state index contributed by atoms with van der Waals surface area (Å²) in [4.78, 5) is 0. The average molecular weight is 348 g/mol. The van der Waals surface area contributed by atoms with E-state index in [-0.39, 0.29) is 29.7 Å². The monoisotopic (exact) mass is 347 g/mol. The minimum absolute atomic E-state index is 0.0453. The molecule has 2 N–H and O–H groups in total. The first-order chi connectivity index (χ1) is 11.7. The highest BCUT2D eigenvalue weighted by atomic mass is 35.5. The Labute approximate surface area is 145 Å². The molecule has 0 aromatic heterocycles. The average Bonchev–Trinajstić information content (AvgIpc) is 2.64. The van der Waals surface area contributed by atoms with E-state index in [2.05, 4.69) is 17.4 Å². The predicted molar refractivity (Wildman–Crippen MR) is 91.6 cm³/mol. The second-order valence-corrected chi connectivity index (χ2v) is 6.86. The Hall–Kier alpha value is -1.62. The first kappa shape index (κ1) is 15.9. The molecule has 4 unspecified atom stereocenters. The molecule has 126 valence electrons. The topological polar surface area (TPSA) is 41.5 Å². The van der Waals surface area contributed by atoms with Crippen molar-refractivity contribution in [2.45, 2.75) is 31.1 Å². The molecule has 2 aliphatic rings. The molecule has 2 aromatic carbocycles. The van der Waals surface area contributed by atoms with Gasteiger partial charge in [-0.1, -0.05) is 41.9 Å². The molecule has 0 aliphatic carbocycles. The van der Waals surface area contributed by atoms with Gasteiger partial charge < -0.3 is 15.2 Å².